The quantitative estimate of drug-likeness (QED) is 0.758. The van der Waals surface area contributed by atoms with Gasteiger partial charge in [-0.2, -0.15) is 0 Å². The Morgan fingerprint density at radius 3 is 2.64 bits per heavy atom. The van der Waals surface area contributed by atoms with Crippen LogP contribution in [0.2, 0.25) is 0 Å². The molecule has 1 aliphatic rings. The second-order valence-electron chi connectivity index (χ2n) is 6.24. The summed E-state index contributed by atoms with van der Waals surface area (Å²) in [5, 5.41) is 9.79. The molecule has 25 heavy (non-hydrogen) atoms. The zero-order valence-corrected chi connectivity index (χ0v) is 15.2. The van der Waals surface area contributed by atoms with Crippen molar-refractivity contribution in [2.24, 2.45) is 0 Å². The van der Waals surface area contributed by atoms with E-state index >= 15 is 0 Å². The first-order valence-electron chi connectivity index (χ1n) is 8.20. The minimum atomic E-state index is -3.11. The Labute approximate surface area is 147 Å². The summed E-state index contributed by atoms with van der Waals surface area (Å²) in [7, 11) is -3.11. The Morgan fingerprint density at radius 1 is 1.36 bits per heavy atom. The summed E-state index contributed by atoms with van der Waals surface area (Å²) in [6.07, 6.45) is 1.08. The van der Waals surface area contributed by atoms with Crippen LogP contribution in [0.5, 0.6) is 5.75 Å². The Kier molecular flexibility index (Phi) is 6.05. The van der Waals surface area contributed by atoms with E-state index in [1.807, 2.05) is 6.92 Å². The number of ether oxygens (including phenoxy) is 1. The lowest BCUT2D eigenvalue weighted by atomic mass is 10.1. The van der Waals surface area contributed by atoms with Crippen LogP contribution in [0.15, 0.2) is 18.2 Å². The van der Waals surface area contributed by atoms with Gasteiger partial charge in [-0.15, -0.1) is 0 Å². The largest absolute Gasteiger partial charge is 0.507 e. The highest BCUT2D eigenvalue weighted by Crippen LogP contribution is 2.20. The molecular formula is C17H23NO6S. The first-order valence-corrected chi connectivity index (χ1v) is 10.0. The predicted octanol–water partition coefficient (Wildman–Crippen LogP) is 1.28. The van der Waals surface area contributed by atoms with Crippen molar-refractivity contribution in [1.29, 1.82) is 0 Å². The molecule has 0 unspecified atom stereocenters. The van der Waals surface area contributed by atoms with Crippen molar-refractivity contribution in [3.8, 4) is 5.75 Å². The number of phenols is 1. The molecule has 1 saturated heterocycles. The second-order valence-corrected chi connectivity index (χ2v) is 8.47. The van der Waals surface area contributed by atoms with E-state index in [9.17, 15) is 23.1 Å². The van der Waals surface area contributed by atoms with Crippen molar-refractivity contribution < 1.29 is 27.9 Å². The molecule has 0 radical (unpaired) electrons. The van der Waals surface area contributed by atoms with Crippen LogP contribution in [0.25, 0.3) is 0 Å². The summed E-state index contributed by atoms with van der Waals surface area (Å²) in [4.78, 5) is 25.9. The van der Waals surface area contributed by atoms with Gasteiger partial charge in [0.25, 0.3) is 5.91 Å². The zero-order chi connectivity index (χ0) is 18.6. The van der Waals surface area contributed by atoms with Gasteiger partial charge in [-0.3, -0.25) is 4.79 Å². The van der Waals surface area contributed by atoms with Crippen molar-refractivity contribution in [1.82, 2.24) is 4.90 Å². The Hall–Kier alpha value is -2.09. The number of carbonyl (C=O) groups is 2. The summed E-state index contributed by atoms with van der Waals surface area (Å²) in [6.45, 7) is 3.59. The number of nitrogens with zero attached hydrogens (tertiary/aromatic N) is 1. The fourth-order valence-corrected chi connectivity index (χ4v) is 4.61. The molecule has 1 aliphatic heterocycles. The molecule has 0 saturated carbocycles. The highest BCUT2D eigenvalue weighted by atomic mass is 32.2. The first kappa shape index (κ1) is 19.2. The topological polar surface area (TPSA) is 101 Å². The van der Waals surface area contributed by atoms with Crippen molar-refractivity contribution in [3.05, 3.63) is 29.3 Å². The van der Waals surface area contributed by atoms with Crippen LogP contribution in [-0.2, 0) is 19.4 Å². The summed E-state index contributed by atoms with van der Waals surface area (Å²) < 4.78 is 28.3. The van der Waals surface area contributed by atoms with Crippen molar-refractivity contribution in [3.63, 3.8) is 0 Å². The van der Waals surface area contributed by atoms with Crippen LogP contribution >= 0.6 is 0 Å². The van der Waals surface area contributed by atoms with Gasteiger partial charge in [-0.1, -0.05) is 13.0 Å². The fraction of sp³-hybridized carbons (Fsp3) is 0.529. The lowest BCUT2D eigenvalue weighted by Crippen LogP contribution is -2.43. The molecule has 7 nitrogen and oxygen atoms in total. The third-order valence-corrected chi connectivity index (χ3v) is 5.88. The monoisotopic (exact) mass is 369 g/mol. The molecule has 138 valence electrons. The third-order valence-electron chi connectivity index (χ3n) is 4.13. The maximum Gasteiger partial charge on any atom is 0.342 e. The maximum atomic E-state index is 12.4. The summed E-state index contributed by atoms with van der Waals surface area (Å²) >= 11 is 0. The van der Waals surface area contributed by atoms with E-state index in [0.29, 0.717) is 19.4 Å². The van der Waals surface area contributed by atoms with E-state index in [2.05, 4.69) is 0 Å². The van der Waals surface area contributed by atoms with E-state index in [-0.39, 0.29) is 28.9 Å². The molecule has 1 amide bonds. The number of benzene rings is 1. The maximum absolute atomic E-state index is 12.4. The van der Waals surface area contributed by atoms with Crippen molar-refractivity contribution >= 4 is 21.7 Å². The summed E-state index contributed by atoms with van der Waals surface area (Å²) in [6, 6.07) is 4.16. The zero-order valence-electron chi connectivity index (χ0n) is 14.4. The van der Waals surface area contributed by atoms with E-state index in [1.165, 1.54) is 17.0 Å². The van der Waals surface area contributed by atoms with E-state index in [1.54, 1.807) is 13.0 Å². The molecule has 8 heteroatoms. The number of aryl methyl sites for hydroxylation is 1. The molecule has 1 heterocycles. The number of sulfone groups is 1. The average molecular weight is 369 g/mol. The van der Waals surface area contributed by atoms with Crippen molar-refractivity contribution in [2.75, 3.05) is 24.7 Å². The number of carbonyl (C=O) groups excluding carboxylic acids is 2. The van der Waals surface area contributed by atoms with Crippen LogP contribution in [0, 0.1) is 6.92 Å². The number of phenolic OH excluding ortho intramolecular Hbond substituents is 1. The molecule has 0 aliphatic carbocycles. The van der Waals surface area contributed by atoms with Gasteiger partial charge >= 0.3 is 5.97 Å². The third kappa shape index (κ3) is 4.94. The number of aromatic hydroxyl groups is 1. The van der Waals surface area contributed by atoms with Gasteiger partial charge in [-0.05, 0) is 37.5 Å². The lowest BCUT2D eigenvalue weighted by molar-refractivity contribution is -0.136. The molecule has 0 bridgehead atoms. The van der Waals surface area contributed by atoms with Crippen molar-refractivity contribution in [2.45, 2.75) is 32.7 Å². The van der Waals surface area contributed by atoms with Gasteiger partial charge in [-0.25, -0.2) is 13.2 Å². The molecule has 1 aromatic rings. The Morgan fingerprint density at radius 2 is 2.08 bits per heavy atom. The minimum Gasteiger partial charge on any atom is -0.507 e. The summed E-state index contributed by atoms with van der Waals surface area (Å²) in [5.41, 5.74) is 0.783. The molecule has 1 atom stereocenters. The Bertz CT molecular complexity index is 758. The average Bonchev–Trinajstić information content (AvgIpc) is 2.89. The van der Waals surface area contributed by atoms with Crippen LogP contribution in [0.3, 0.4) is 0 Å². The highest BCUT2D eigenvalue weighted by molar-refractivity contribution is 7.91. The van der Waals surface area contributed by atoms with Gasteiger partial charge in [0.2, 0.25) is 0 Å². The SMILES string of the molecule is CCCN(C(=O)COC(=O)c1ccc(C)cc1O)[C@H]1CCS(=O)(=O)C1. The second kappa shape index (κ2) is 7.86. The number of esters is 1. The fourth-order valence-electron chi connectivity index (χ4n) is 2.88. The minimum absolute atomic E-state index is 0.0103. The predicted molar refractivity (Wildman–Crippen MR) is 92.2 cm³/mol. The lowest BCUT2D eigenvalue weighted by Gasteiger charge is -2.27. The van der Waals surface area contributed by atoms with Crippen LogP contribution in [0.4, 0.5) is 0 Å². The van der Waals surface area contributed by atoms with E-state index in [4.69, 9.17) is 4.74 Å². The molecule has 2 rings (SSSR count). The smallest absolute Gasteiger partial charge is 0.342 e. The molecule has 1 fully saturated rings. The van der Waals surface area contributed by atoms with Crippen LogP contribution in [-0.4, -0.2) is 61.0 Å². The Balaban J connectivity index is 2.00. The molecule has 0 aromatic heterocycles. The van der Waals surface area contributed by atoms with Gasteiger partial charge < -0.3 is 14.7 Å². The number of hydrogen-bond acceptors (Lipinski definition) is 6. The number of amides is 1. The van der Waals surface area contributed by atoms with Gasteiger partial charge in [0.15, 0.2) is 16.4 Å². The number of rotatable bonds is 6. The highest BCUT2D eigenvalue weighted by Gasteiger charge is 2.34. The van der Waals surface area contributed by atoms with E-state index < -0.39 is 28.3 Å². The van der Waals surface area contributed by atoms with Gasteiger partial charge in [0, 0.05) is 12.6 Å². The van der Waals surface area contributed by atoms with Crippen LogP contribution in [0.1, 0.15) is 35.7 Å². The molecule has 1 N–H and O–H groups in total. The number of hydrogen-bond donors (Lipinski definition) is 1. The van der Waals surface area contributed by atoms with E-state index in [0.717, 1.165) is 5.56 Å². The van der Waals surface area contributed by atoms with Crippen LogP contribution < -0.4 is 0 Å². The molecular weight excluding hydrogens is 346 g/mol. The standard InChI is InChI=1S/C17H23NO6S/c1-3-7-18(13-6-8-25(22,23)11-13)16(20)10-24-17(21)14-5-4-12(2)9-15(14)19/h4-5,9,13,19H,3,6-8,10-11H2,1-2H3/t13-/m0/s1. The van der Waals surface area contributed by atoms with Gasteiger partial charge in [0.1, 0.15) is 11.3 Å². The molecule has 0 spiro atoms. The summed E-state index contributed by atoms with van der Waals surface area (Å²) in [5.74, 6) is -1.40. The first-order chi connectivity index (χ1) is 11.7. The normalized spacial score (nSPS) is 18.7. The molecule has 1 aromatic carbocycles. The van der Waals surface area contributed by atoms with Gasteiger partial charge in [0.05, 0.1) is 11.5 Å².